The van der Waals surface area contributed by atoms with E-state index in [1.165, 1.54) is 4.90 Å². The summed E-state index contributed by atoms with van der Waals surface area (Å²) in [5.74, 6) is 0.0884. The quantitative estimate of drug-likeness (QED) is 0.176. The molecule has 0 radical (unpaired) electrons. The summed E-state index contributed by atoms with van der Waals surface area (Å²) >= 11 is 11.5. The first-order valence-corrected chi connectivity index (χ1v) is 13.5. The number of hydrogen-bond donors (Lipinski definition) is 0. The fourth-order valence-electron chi connectivity index (χ4n) is 2.53. The molecule has 0 aliphatic carbocycles. The first-order valence-electron chi connectivity index (χ1n) is 8.30. The molecule has 0 bridgehead atoms. The number of amides is 2. The highest BCUT2D eigenvalue weighted by atomic mass is 127. The van der Waals surface area contributed by atoms with Gasteiger partial charge in [0.25, 0.3) is 5.91 Å². The Morgan fingerprint density at radius 3 is 2.68 bits per heavy atom. The van der Waals surface area contributed by atoms with Gasteiger partial charge < -0.3 is 18.9 Å². The molecule has 0 fully saturated rings. The van der Waals surface area contributed by atoms with Gasteiger partial charge in [0, 0.05) is 25.7 Å². The molecule has 0 aliphatic rings. The van der Waals surface area contributed by atoms with Crippen molar-refractivity contribution in [2.24, 2.45) is 0 Å². The third kappa shape index (κ3) is 6.13. The summed E-state index contributed by atoms with van der Waals surface area (Å²) in [4.78, 5) is 31.8. The van der Waals surface area contributed by atoms with Gasteiger partial charge in [0.15, 0.2) is 16.2 Å². The van der Waals surface area contributed by atoms with Crippen molar-refractivity contribution >= 4 is 74.2 Å². The first kappa shape index (κ1) is 23.5. The van der Waals surface area contributed by atoms with Crippen LogP contribution in [0, 0.1) is 0 Å². The smallest absolute Gasteiger partial charge is 0.274 e. The molecule has 0 saturated heterocycles. The molecule has 2 amide bonds. The molecule has 0 N–H and O–H groups in total. The first-order chi connectivity index (χ1) is 13.4. The lowest BCUT2D eigenvalue weighted by molar-refractivity contribution is -0.107. The summed E-state index contributed by atoms with van der Waals surface area (Å²) in [5.41, 5.74) is 1.30. The molecule has 11 heteroatoms. The van der Waals surface area contributed by atoms with Crippen molar-refractivity contribution in [3.05, 3.63) is 45.3 Å². The highest BCUT2D eigenvalue weighted by Gasteiger charge is 2.27. The van der Waals surface area contributed by atoms with Gasteiger partial charge in [0.05, 0.1) is 19.6 Å². The van der Waals surface area contributed by atoms with Gasteiger partial charge in [-0.05, 0) is 62.1 Å². The average molecular weight is 602 g/mol. The second kappa shape index (κ2) is 11.4. The van der Waals surface area contributed by atoms with E-state index < -0.39 is 0 Å². The van der Waals surface area contributed by atoms with E-state index in [2.05, 4.69) is 43.0 Å². The number of aromatic nitrogens is 2. The summed E-state index contributed by atoms with van der Waals surface area (Å²) in [6.07, 6.45) is 1.36. The van der Waals surface area contributed by atoms with E-state index in [0.717, 1.165) is 12.0 Å². The van der Waals surface area contributed by atoms with Crippen LogP contribution >= 0.6 is 56.0 Å². The van der Waals surface area contributed by atoms with E-state index >= 15 is 0 Å². The number of halogens is 3. The van der Waals surface area contributed by atoms with Gasteiger partial charge in [-0.25, -0.2) is 4.98 Å². The molecule has 1 aromatic carbocycles. The minimum absolute atomic E-state index is 0.215. The summed E-state index contributed by atoms with van der Waals surface area (Å²) in [6.45, 7) is 1.93. The van der Waals surface area contributed by atoms with E-state index in [0.29, 0.717) is 53.8 Å². The number of benzene rings is 1. The SMILES string of the molecule is CN(CCCOPI)C(=O)c1c(N(C)C=O)nc(Br)n1Cc1ccc(Cl)cc1. The fourth-order valence-corrected chi connectivity index (χ4v) is 4.01. The molecule has 2 aromatic rings. The van der Waals surface area contributed by atoms with Crippen LogP contribution in [0.2, 0.25) is 5.02 Å². The van der Waals surface area contributed by atoms with Crippen molar-refractivity contribution in [1.82, 2.24) is 14.5 Å². The van der Waals surface area contributed by atoms with Crippen molar-refractivity contribution in [1.29, 1.82) is 0 Å². The lowest BCUT2D eigenvalue weighted by atomic mass is 10.2. The zero-order valence-corrected chi connectivity index (χ0v) is 20.9. The molecule has 1 atom stereocenters. The minimum atomic E-state index is -0.215. The number of carbonyl (C=O) groups excluding carboxylic acids is 2. The summed E-state index contributed by atoms with van der Waals surface area (Å²) < 4.78 is 7.57. The van der Waals surface area contributed by atoms with Crippen molar-refractivity contribution in [2.45, 2.75) is 13.0 Å². The zero-order valence-electron chi connectivity index (χ0n) is 15.4. The molecule has 0 aliphatic heterocycles. The van der Waals surface area contributed by atoms with Crippen LogP contribution in [0.3, 0.4) is 0 Å². The van der Waals surface area contributed by atoms with E-state index in [9.17, 15) is 9.59 Å². The van der Waals surface area contributed by atoms with Gasteiger partial charge in [-0.1, -0.05) is 23.7 Å². The van der Waals surface area contributed by atoms with Gasteiger partial charge >= 0.3 is 0 Å². The summed E-state index contributed by atoms with van der Waals surface area (Å²) in [5, 5.41) is 0.639. The maximum absolute atomic E-state index is 13.2. The van der Waals surface area contributed by atoms with Crippen LogP contribution in [-0.2, 0) is 15.9 Å². The highest BCUT2D eigenvalue weighted by molar-refractivity contribution is 14.2. The van der Waals surface area contributed by atoms with E-state index in [1.54, 1.807) is 35.7 Å². The number of imidazole rings is 1. The molecule has 0 saturated carbocycles. The highest BCUT2D eigenvalue weighted by Crippen LogP contribution is 2.27. The van der Waals surface area contributed by atoms with Crippen LogP contribution in [0.25, 0.3) is 0 Å². The lowest BCUT2D eigenvalue weighted by Gasteiger charge is -2.20. The fraction of sp³-hybridized carbons (Fsp3) is 0.353. The molecule has 152 valence electrons. The maximum Gasteiger partial charge on any atom is 0.274 e. The van der Waals surface area contributed by atoms with E-state index in [1.807, 2.05) is 12.1 Å². The standard InChI is InChI=1S/C17H20BrClIN4O3P/c1-22(8-3-9-27-28-20)16(26)14-15(23(2)11-25)21-17(18)24(14)10-12-4-6-13(19)7-5-12/h4-7,11,28H,3,8-10H2,1-2H3. The monoisotopic (exact) mass is 600 g/mol. The number of carbonyl (C=O) groups is 2. The predicted molar refractivity (Wildman–Crippen MR) is 125 cm³/mol. The Morgan fingerprint density at radius 1 is 1.39 bits per heavy atom. The normalized spacial score (nSPS) is 11.2. The van der Waals surface area contributed by atoms with Crippen LogP contribution < -0.4 is 4.90 Å². The van der Waals surface area contributed by atoms with E-state index in [4.69, 9.17) is 16.1 Å². The Balaban J connectivity index is 2.34. The molecule has 1 aromatic heterocycles. The van der Waals surface area contributed by atoms with Crippen LogP contribution in [0.1, 0.15) is 22.5 Å². The van der Waals surface area contributed by atoms with Crippen LogP contribution in [0.4, 0.5) is 5.82 Å². The Labute approximate surface area is 192 Å². The zero-order chi connectivity index (χ0) is 20.7. The summed E-state index contributed by atoms with van der Waals surface area (Å²) in [7, 11) is 3.30. The molecule has 1 unspecified atom stereocenters. The molecular weight excluding hydrogens is 581 g/mol. The van der Waals surface area contributed by atoms with Crippen LogP contribution in [0.5, 0.6) is 0 Å². The van der Waals surface area contributed by atoms with Gasteiger partial charge in [-0.3, -0.25) is 9.59 Å². The number of anilines is 1. The number of rotatable bonds is 10. The Bertz CT molecular complexity index is 821. The van der Waals surface area contributed by atoms with Crippen LogP contribution in [-0.4, -0.2) is 54.0 Å². The Kier molecular flexibility index (Phi) is 9.62. The van der Waals surface area contributed by atoms with Crippen molar-refractivity contribution in [3.8, 4) is 0 Å². The van der Waals surface area contributed by atoms with Crippen molar-refractivity contribution < 1.29 is 14.1 Å². The molecule has 2 rings (SSSR count). The molecule has 28 heavy (non-hydrogen) atoms. The van der Waals surface area contributed by atoms with Crippen LogP contribution in [0.15, 0.2) is 29.0 Å². The lowest BCUT2D eigenvalue weighted by Crippen LogP contribution is -2.32. The van der Waals surface area contributed by atoms with Crippen molar-refractivity contribution in [3.63, 3.8) is 0 Å². The average Bonchev–Trinajstić information content (AvgIpc) is 3.01. The van der Waals surface area contributed by atoms with E-state index in [-0.39, 0.29) is 5.91 Å². The molecule has 7 nitrogen and oxygen atoms in total. The van der Waals surface area contributed by atoms with Gasteiger partial charge in [0.1, 0.15) is 0 Å². The number of hydrogen-bond acceptors (Lipinski definition) is 4. The third-order valence-corrected chi connectivity index (χ3v) is 6.10. The predicted octanol–water partition coefficient (Wildman–Crippen LogP) is 4.36. The summed E-state index contributed by atoms with van der Waals surface area (Å²) in [6, 6.07) is 7.36. The third-order valence-electron chi connectivity index (χ3n) is 3.99. The van der Waals surface area contributed by atoms with Gasteiger partial charge in [-0.2, -0.15) is 0 Å². The van der Waals surface area contributed by atoms with Gasteiger partial charge in [-0.15, -0.1) is 0 Å². The van der Waals surface area contributed by atoms with Crippen molar-refractivity contribution in [2.75, 3.05) is 32.1 Å². The maximum atomic E-state index is 13.2. The second-order valence-corrected chi connectivity index (χ2v) is 8.90. The molecular formula is C17H20BrClIN4O3P. The Hall–Kier alpha value is -0.740. The minimum Gasteiger partial charge on any atom is -0.352 e. The van der Waals surface area contributed by atoms with Gasteiger partial charge in [0.2, 0.25) is 6.41 Å². The second-order valence-electron chi connectivity index (χ2n) is 5.99. The molecule has 1 heterocycles. The number of nitrogens with zero attached hydrogens (tertiary/aromatic N) is 4. The largest absolute Gasteiger partial charge is 0.352 e. The Morgan fingerprint density at radius 2 is 2.07 bits per heavy atom. The topological polar surface area (TPSA) is 67.7 Å². The molecule has 0 spiro atoms.